The number of hydrogen-bond acceptors (Lipinski definition) is 8. The van der Waals surface area contributed by atoms with Crippen LogP contribution in [0.5, 0.6) is 5.75 Å². The number of nitrogens with zero attached hydrogens (tertiary/aromatic N) is 6. The van der Waals surface area contributed by atoms with Gasteiger partial charge in [0.2, 0.25) is 15.9 Å². The van der Waals surface area contributed by atoms with Crippen LogP contribution in [0, 0.1) is 23.5 Å². The molecule has 0 saturated heterocycles. The maximum Gasteiger partial charge on any atom is 0.293 e. The van der Waals surface area contributed by atoms with E-state index in [-0.39, 0.29) is 61.7 Å². The van der Waals surface area contributed by atoms with Crippen molar-refractivity contribution in [3.63, 3.8) is 0 Å². The van der Waals surface area contributed by atoms with Crippen LogP contribution in [0.4, 0.5) is 32.2 Å². The van der Waals surface area contributed by atoms with E-state index in [0.29, 0.717) is 29.0 Å². The molecule has 0 bridgehead atoms. The number of amides is 1. The highest BCUT2D eigenvalue weighted by molar-refractivity contribution is 7.92. The zero-order valence-corrected chi connectivity index (χ0v) is 35.2. The summed E-state index contributed by atoms with van der Waals surface area (Å²) in [6.45, 7) is -0.556. The molecule has 0 unspecified atom stereocenters. The Hall–Kier alpha value is -5.63. The van der Waals surface area contributed by atoms with Crippen molar-refractivity contribution < 1.29 is 44.3 Å². The number of ether oxygens (including phenoxy) is 1. The molecule has 2 fully saturated rings. The highest BCUT2D eigenvalue weighted by atomic mass is 35.5. The summed E-state index contributed by atoms with van der Waals surface area (Å²) in [5, 5.41) is 10.9. The molecule has 2 N–H and O–H groups in total. The van der Waals surface area contributed by atoms with E-state index in [0.717, 1.165) is 55.1 Å². The Balaban J connectivity index is 1.21. The van der Waals surface area contributed by atoms with Gasteiger partial charge in [0, 0.05) is 37.1 Å². The lowest BCUT2D eigenvalue weighted by Gasteiger charge is -2.24. The summed E-state index contributed by atoms with van der Waals surface area (Å²) >= 11 is 6.64. The number of carbonyl (C=O) groups is 1. The van der Waals surface area contributed by atoms with Crippen LogP contribution in [0.25, 0.3) is 27.5 Å². The number of rotatable bonds is 13. The van der Waals surface area contributed by atoms with Crippen LogP contribution in [0.15, 0.2) is 53.3 Å². The summed E-state index contributed by atoms with van der Waals surface area (Å²) in [6, 6.07) is 8.60. The Labute approximate surface area is 360 Å². The first-order valence-electron chi connectivity index (χ1n) is 20.2. The fourth-order valence-corrected chi connectivity index (χ4v) is 9.95. The van der Waals surface area contributed by atoms with Crippen molar-refractivity contribution >= 4 is 55.2 Å². The molecule has 63 heavy (non-hydrogen) atoms. The van der Waals surface area contributed by atoms with Gasteiger partial charge in [-0.25, -0.2) is 31.0 Å². The van der Waals surface area contributed by atoms with Gasteiger partial charge in [-0.2, -0.15) is 19.0 Å². The minimum atomic E-state index is -3.90. The van der Waals surface area contributed by atoms with Gasteiger partial charge in [0.1, 0.15) is 41.1 Å². The molecule has 3 aliphatic rings. The van der Waals surface area contributed by atoms with Crippen LogP contribution in [-0.2, 0) is 40.8 Å². The fourth-order valence-electron chi connectivity index (χ4n) is 9.22. The minimum Gasteiger partial charge on any atom is -0.493 e. The predicted molar refractivity (Wildman–Crippen MR) is 220 cm³/mol. The predicted octanol–water partition coefficient (Wildman–Crippen LogP) is 7.98. The number of nitrogens with one attached hydrogen (secondary N) is 2. The van der Waals surface area contributed by atoms with Gasteiger partial charge in [-0.3, -0.25) is 28.2 Å². The molecule has 3 aromatic carbocycles. The third-order valence-electron chi connectivity index (χ3n) is 12.0. The summed E-state index contributed by atoms with van der Waals surface area (Å²) in [5.74, 6) is -8.23. The number of carbonyl (C=O) groups excluding carboxylic acids is 1. The van der Waals surface area contributed by atoms with Crippen molar-refractivity contribution in [1.82, 2.24) is 34.4 Å². The van der Waals surface area contributed by atoms with Gasteiger partial charge in [-0.15, -0.1) is 0 Å². The number of hydrogen-bond donors (Lipinski definition) is 2. The zero-order valence-electron chi connectivity index (χ0n) is 33.6. The largest absolute Gasteiger partial charge is 0.493 e. The Morgan fingerprint density at radius 1 is 1.03 bits per heavy atom. The third kappa shape index (κ3) is 7.99. The van der Waals surface area contributed by atoms with Crippen molar-refractivity contribution in [3.05, 3.63) is 104 Å². The lowest BCUT2D eigenvalue weighted by Crippen LogP contribution is -2.38. The standard InChI is InChI=1S/C42H39ClF6N8O5S/c1-55-36-31(11-10-28(43)34(36)39(53-55)54-63(2,60)61)57-40(51-29-16-24(8-9-25(29)41(57)59)62-19-20-6-4-3-5-7-20)30(14-21-12-22(44)15-23(45)13-21)50-32(58)18-56-37-33(35(52-56)38(46)47)26-17-27(26)42(37,48)49/h8-13,15-16,20,26-27,30,38H,3-7,14,17-19H2,1-2H3,(H,50,58)(H,53,54)/t26-,27+,30-/m0/s1. The van der Waals surface area contributed by atoms with Crippen molar-refractivity contribution in [2.45, 2.75) is 75.8 Å². The smallest absolute Gasteiger partial charge is 0.293 e. The number of benzene rings is 3. The van der Waals surface area contributed by atoms with Crippen LogP contribution in [0.1, 0.15) is 85.2 Å². The van der Waals surface area contributed by atoms with Crippen molar-refractivity contribution in [3.8, 4) is 11.4 Å². The Kier molecular flexibility index (Phi) is 10.7. The molecule has 1 amide bonds. The lowest BCUT2D eigenvalue weighted by molar-refractivity contribution is -0.123. The quantitative estimate of drug-likeness (QED) is 0.111. The van der Waals surface area contributed by atoms with Gasteiger partial charge in [0.25, 0.3) is 17.9 Å². The molecule has 13 nitrogen and oxygen atoms in total. The number of alkyl halides is 4. The highest BCUT2D eigenvalue weighted by Gasteiger charge is 2.67. The van der Waals surface area contributed by atoms with Gasteiger partial charge in [-0.05, 0) is 73.1 Å². The van der Waals surface area contributed by atoms with Crippen LogP contribution < -0.4 is 20.3 Å². The molecule has 3 atom stereocenters. The number of anilines is 1. The number of fused-ring (bicyclic) bond motifs is 5. The van der Waals surface area contributed by atoms with E-state index in [4.69, 9.17) is 21.3 Å². The van der Waals surface area contributed by atoms with Crippen molar-refractivity contribution in [2.24, 2.45) is 18.9 Å². The number of halogens is 7. The molecule has 0 aliphatic heterocycles. The number of aryl methyl sites for hydroxylation is 1. The summed E-state index contributed by atoms with van der Waals surface area (Å²) in [4.78, 5) is 34.0. The molecular formula is C42H39ClF6N8O5S. The average Bonchev–Trinajstić information content (AvgIpc) is 3.75. The second-order valence-corrected chi connectivity index (χ2v) is 18.7. The van der Waals surface area contributed by atoms with Gasteiger partial charge in [0.15, 0.2) is 5.82 Å². The first-order chi connectivity index (χ1) is 29.9. The average molecular weight is 917 g/mol. The number of sulfonamides is 1. The van der Waals surface area contributed by atoms with E-state index < -0.39 is 87.7 Å². The first-order valence-corrected chi connectivity index (χ1v) is 22.5. The van der Waals surface area contributed by atoms with E-state index in [1.165, 1.54) is 36.0 Å². The molecule has 21 heteroatoms. The normalized spacial score (nSPS) is 18.8. The van der Waals surface area contributed by atoms with Crippen molar-refractivity contribution in [2.75, 3.05) is 17.6 Å². The molecule has 332 valence electrons. The highest BCUT2D eigenvalue weighted by Crippen LogP contribution is 2.68. The molecule has 0 spiro atoms. The van der Waals surface area contributed by atoms with Crippen molar-refractivity contribution in [1.29, 1.82) is 0 Å². The fraction of sp³-hybridized carbons (Fsp3) is 0.405. The van der Waals surface area contributed by atoms with Gasteiger partial charge in [0.05, 0.1) is 51.4 Å². The van der Waals surface area contributed by atoms with Crippen LogP contribution in [0.2, 0.25) is 5.02 Å². The van der Waals surface area contributed by atoms with Gasteiger partial charge >= 0.3 is 0 Å². The maximum absolute atomic E-state index is 15.5. The maximum atomic E-state index is 15.5. The Bertz CT molecular complexity index is 2990. The monoisotopic (exact) mass is 916 g/mol. The molecule has 2 saturated carbocycles. The molecule has 3 aromatic heterocycles. The third-order valence-corrected chi connectivity index (χ3v) is 12.9. The summed E-state index contributed by atoms with van der Waals surface area (Å²) in [7, 11) is -2.43. The van der Waals surface area contributed by atoms with Gasteiger partial charge < -0.3 is 10.1 Å². The number of aromatic nitrogens is 6. The van der Waals surface area contributed by atoms with E-state index in [1.54, 1.807) is 6.07 Å². The van der Waals surface area contributed by atoms with E-state index in [1.807, 2.05) is 0 Å². The second kappa shape index (κ2) is 15.9. The minimum absolute atomic E-state index is 0.00280. The summed E-state index contributed by atoms with van der Waals surface area (Å²) < 4.78 is 125. The summed E-state index contributed by atoms with van der Waals surface area (Å²) in [5.41, 5.74) is -2.38. The SMILES string of the molecule is Cn1nc(NS(C)(=O)=O)c2c(Cl)ccc(-n3c([C@H](Cc4cc(F)cc(F)c4)NC(=O)Cn4nc(C(F)F)c5c4C(F)(F)[C@@H]4C[C@H]54)nc4cc(OCC5CCCCC5)ccc4c3=O)c21. The van der Waals surface area contributed by atoms with E-state index in [9.17, 15) is 35.6 Å². The molecule has 3 heterocycles. The Morgan fingerprint density at radius 2 is 1.76 bits per heavy atom. The molecule has 9 rings (SSSR count). The zero-order chi connectivity index (χ0) is 44.7. The van der Waals surface area contributed by atoms with Crippen LogP contribution in [-0.4, -0.2) is 56.3 Å². The topological polar surface area (TPSA) is 155 Å². The molecular weight excluding hydrogens is 878 g/mol. The molecule has 0 radical (unpaired) electrons. The van der Waals surface area contributed by atoms with Crippen LogP contribution >= 0.6 is 11.6 Å². The van der Waals surface area contributed by atoms with Gasteiger partial charge in [-0.1, -0.05) is 30.9 Å². The molecule has 3 aliphatic carbocycles. The van der Waals surface area contributed by atoms with Crippen LogP contribution in [0.3, 0.4) is 0 Å². The van der Waals surface area contributed by atoms with E-state index >= 15 is 8.78 Å². The molecule has 6 aromatic rings. The second-order valence-electron chi connectivity index (χ2n) is 16.5. The first kappa shape index (κ1) is 42.7. The van der Waals surface area contributed by atoms with E-state index in [2.05, 4.69) is 20.2 Å². The Morgan fingerprint density at radius 3 is 2.46 bits per heavy atom. The lowest BCUT2D eigenvalue weighted by atomic mass is 9.90. The summed E-state index contributed by atoms with van der Waals surface area (Å²) in [6.07, 6.45) is 2.58.